The second kappa shape index (κ2) is 6.27. The molecular formula is C16H14N4O3. The average molecular weight is 310 g/mol. The van der Waals surface area contributed by atoms with Crippen LogP contribution in [0.3, 0.4) is 0 Å². The Balaban J connectivity index is 1.87. The number of benzene rings is 1. The van der Waals surface area contributed by atoms with E-state index in [1.807, 2.05) is 18.3 Å². The maximum atomic E-state index is 10.9. The third-order valence-electron chi connectivity index (χ3n) is 3.41. The van der Waals surface area contributed by atoms with Gasteiger partial charge in [0.2, 0.25) is 0 Å². The molecule has 0 aliphatic carbocycles. The fraction of sp³-hybridized carbons (Fsp3) is 0.125. The molecule has 2 heterocycles. The zero-order valence-electron chi connectivity index (χ0n) is 12.4. The predicted octanol–water partition coefficient (Wildman–Crippen LogP) is 2.91. The SMILES string of the molecule is COc1cc(-c2cnn(Cc3cccnc3)c2)ccc1[N+](=O)[O-]. The van der Waals surface area contributed by atoms with Gasteiger partial charge in [-0.2, -0.15) is 5.10 Å². The van der Waals surface area contributed by atoms with E-state index in [1.54, 1.807) is 35.4 Å². The summed E-state index contributed by atoms with van der Waals surface area (Å²) < 4.78 is 6.89. The van der Waals surface area contributed by atoms with E-state index < -0.39 is 4.92 Å². The van der Waals surface area contributed by atoms with Crippen molar-refractivity contribution in [2.45, 2.75) is 6.54 Å². The molecule has 3 rings (SSSR count). The van der Waals surface area contributed by atoms with Crippen molar-refractivity contribution >= 4 is 5.69 Å². The third-order valence-corrected chi connectivity index (χ3v) is 3.41. The van der Waals surface area contributed by atoms with Crippen molar-refractivity contribution in [1.82, 2.24) is 14.8 Å². The van der Waals surface area contributed by atoms with Crippen molar-refractivity contribution in [2.75, 3.05) is 7.11 Å². The van der Waals surface area contributed by atoms with Crippen LogP contribution in [-0.4, -0.2) is 26.8 Å². The smallest absolute Gasteiger partial charge is 0.310 e. The molecule has 0 N–H and O–H groups in total. The van der Waals surface area contributed by atoms with E-state index >= 15 is 0 Å². The van der Waals surface area contributed by atoms with Crippen molar-refractivity contribution in [1.29, 1.82) is 0 Å². The Bertz CT molecular complexity index is 830. The molecule has 0 aliphatic rings. The van der Waals surface area contributed by atoms with Gasteiger partial charge in [0.05, 0.1) is 24.8 Å². The van der Waals surface area contributed by atoms with Crippen molar-refractivity contribution < 1.29 is 9.66 Å². The predicted molar refractivity (Wildman–Crippen MR) is 84.2 cm³/mol. The molecule has 0 atom stereocenters. The maximum Gasteiger partial charge on any atom is 0.310 e. The molecule has 0 fully saturated rings. The quantitative estimate of drug-likeness (QED) is 0.534. The topological polar surface area (TPSA) is 83.1 Å². The zero-order chi connectivity index (χ0) is 16.2. The summed E-state index contributed by atoms with van der Waals surface area (Å²) in [7, 11) is 1.41. The lowest BCUT2D eigenvalue weighted by molar-refractivity contribution is -0.385. The summed E-state index contributed by atoms with van der Waals surface area (Å²) in [4.78, 5) is 14.5. The Kier molecular flexibility index (Phi) is 4.01. The van der Waals surface area contributed by atoms with E-state index in [2.05, 4.69) is 10.1 Å². The number of pyridine rings is 1. The Morgan fingerprint density at radius 2 is 2.13 bits per heavy atom. The van der Waals surface area contributed by atoms with Crippen LogP contribution in [0.1, 0.15) is 5.56 Å². The minimum atomic E-state index is -0.464. The van der Waals surface area contributed by atoms with Crippen LogP contribution >= 0.6 is 0 Å². The molecule has 0 saturated carbocycles. The van der Waals surface area contributed by atoms with Crippen LogP contribution < -0.4 is 4.74 Å². The third kappa shape index (κ3) is 3.18. The lowest BCUT2D eigenvalue weighted by Crippen LogP contribution is -1.99. The van der Waals surface area contributed by atoms with Crippen LogP contribution in [0.25, 0.3) is 11.1 Å². The minimum absolute atomic E-state index is 0.0565. The van der Waals surface area contributed by atoms with E-state index in [4.69, 9.17) is 4.74 Å². The molecule has 0 saturated heterocycles. The first-order chi connectivity index (χ1) is 11.2. The van der Waals surface area contributed by atoms with E-state index in [0.717, 1.165) is 16.7 Å². The van der Waals surface area contributed by atoms with Gasteiger partial charge in [-0.05, 0) is 29.3 Å². The molecule has 0 unspecified atom stereocenters. The number of nitro benzene ring substituents is 1. The van der Waals surface area contributed by atoms with Gasteiger partial charge in [-0.3, -0.25) is 19.8 Å². The Morgan fingerprint density at radius 1 is 1.26 bits per heavy atom. The maximum absolute atomic E-state index is 10.9. The number of nitro groups is 1. The number of hydrogen-bond donors (Lipinski definition) is 0. The highest BCUT2D eigenvalue weighted by Crippen LogP contribution is 2.31. The first-order valence-corrected chi connectivity index (χ1v) is 6.91. The summed E-state index contributed by atoms with van der Waals surface area (Å²) in [5, 5.41) is 15.3. The van der Waals surface area contributed by atoms with Crippen LogP contribution in [0, 0.1) is 10.1 Å². The molecule has 116 valence electrons. The number of hydrogen-bond acceptors (Lipinski definition) is 5. The fourth-order valence-corrected chi connectivity index (χ4v) is 2.29. The highest BCUT2D eigenvalue weighted by atomic mass is 16.6. The van der Waals surface area contributed by atoms with Crippen LogP contribution in [0.15, 0.2) is 55.1 Å². The first-order valence-electron chi connectivity index (χ1n) is 6.91. The summed E-state index contributed by atoms with van der Waals surface area (Å²) in [5.74, 6) is 0.229. The van der Waals surface area contributed by atoms with Gasteiger partial charge < -0.3 is 4.74 Å². The van der Waals surface area contributed by atoms with Gasteiger partial charge in [0.25, 0.3) is 0 Å². The molecule has 0 spiro atoms. The summed E-state index contributed by atoms with van der Waals surface area (Å²) in [6, 6.07) is 8.62. The second-order valence-corrected chi connectivity index (χ2v) is 4.93. The van der Waals surface area contributed by atoms with Gasteiger partial charge in [-0.15, -0.1) is 0 Å². The summed E-state index contributed by atoms with van der Waals surface area (Å²) in [5.41, 5.74) is 2.66. The number of nitrogens with zero attached hydrogens (tertiary/aromatic N) is 4. The second-order valence-electron chi connectivity index (χ2n) is 4.93. The standard InChI is InChI=1S/C16H14N4O3/c1-23-16-7-13(4-5-15(16)20(21)22)14-9-18-19(11-14)10-12-3-2-6-17-8-12/h2-9,11H,10H2,1H3. The molecule has 23 heavy (non-hydrogen) atoms. The van der Waals surface area contributed by atoms with E-state index in [9.17, 15) is 10.1 Å². The summed E-state index contributed by atoms with van der Waals surface area (Å²) in [6.45, 7) is 0.609. The Morgan fingerprint density at radius 3 is 2.83 bits per heavy atom. The summed E-state index contributed by atoms with van der Waals surface area (Å²) >= 11 is 0. The number of ether oxygens (including phenoxy) is 1. The molecule has 0 radical (unpaired) electrons. The highest BCUT2D eigenvalue weighted by Gasteiger charge is 2.15. The van der Waals surface area contributed by atoms with Crippen LogP contribution in [0.2, 0.25) is 0 Å². The molecular weight excluding hydrogens is 296 g/mol. The number of rotatable bonds is 5. The number of aromatic nitrogens is 3. The lowest BCUT2D eigenvalue weighted by atomic mass is 10.1. The lowest BCUT2D eigenvalue weighted by Gasteiger charge is -2.04. The van der Waals surface area contributed by atoms with Crippen molar-refractivity contribution in [2.24, 2.45) is 0 Å². The molecule has 0 amide bonds. The van der Waals surface area contributed by atoms with Crippen molar-refractivity contribution in [3.05, 3.63) is 70.8 Å². The van der Waals surface area contributed by atoms with Crippen molar-refractivity contribution in [3.63, 3.8) is 0 Å². The molecule has 1 aromatic carbocycles. The largest absolute Gasteiger partial charge is 0.490 e. The van der Waals surface area contributed by atoms with Gasteiger partial charge in [0, 0.05) is 30.2 Å². The average Bonchev–Trinajstić information content (AvgIpc) is 3.03. The molecule has 2 aromatic heterocycles. The molecule has 0 bridgehead atoms. The highest BCUT2D eigenvalue weighted by molar-refractivity contribution is 5.67. The van der Waals surface area contributed by atoms with Crippen LogP contribution in [0.4, 0.5) is 5.69 Å². The van der Waals surface area contributed by atoms with E-state index in [-0.39, 0.29) is 11.4 Å². The number of methoxy groups -OCH3 is 1. The van der Waals surface area contributed by atoms with Gasteiger partial charge in [-0.25, -0.2) is 0 Å². The fourth-order valence-electron chi connectivity index (χ4n) is 2.29. The monoisotopic (exact) mass is 310 g/mol. The van der Waals surface area contributed by atoms with Gasteiger partial charge >= 0.3 is 5.69 Å². The van der Waals surface area contributed by atoms with Gasteiger partial charge in [0.1, 0.15) is 0 Å². The minimum Gasteiger partial charge on any atom is -0.490 e. The van der Waals surface area contributed by atoms with Gasteiger partial charge in [-0.1, -0.05) is 6.07 Å². The normalized spacial score (nSPS) is 10.5. The van der Waals surface area contributed by atoms with Gasteiger partial charge in [0.15, 0.2) is 5.75 Å². The molecule has 7 nitrogen and oxygen atoms in total. The Hall–Kier alpha value is -3.22. The Labute approximate surface area is 132 Å². The first kappa shape index (κ1) is 14.7. The molecule has 0 aliphatic heterocycles. The van der Waals surface area contributed by atoms with Crippen LogP contribution in [-0.2, 0) is 6.54 Å². The molecule has 7 heteroatoms. The van der Waals surface area contributed by atoms with E-state index in [1.165, 1.54) is 13.2 Å². The summed E-state index contributed by atoms with van der Waals surface area (Å²) in [6.07, 6.45) is 7.11. The molecule has 3 aromatic rings. The van der Waals surface area contributed by atoms with Crippen LogP contribution in [0.5, 0.6) is 5.75 Å². The zero-order valence-corrected chi connectivity index (χ0v) is 12.4. The van der Waals surface area contributed by atoms with Crippen molar-refractivity contribution in [3.8, 4) is 16.9 Å². The van der Waals surface area contributed by atoms with E-state index in [0.29, 0.717) is 6.54 Å².